The van der Waals surface area contributed by atoms with Crippen LogP contribution in [-0.4, -0.2) is 57.1 Å². The van der Waals surface area contributed by atoms with E-state index in [1.807, 2.05) is 48.2 Å². The Balaban J connectivity index is 1.50. The molecule has 1 atom stereocenters. The zero-order valence-electron chi connectivity index (χ0n) is 16.8. The fraction of sp³-hybridized carbons (Fsp3) is 0.348. The minimum absolute atomic E-state index is 0.0976. The minimum Gasteiger partial charge on any atom is -0.337 e. The number of carbonyl (C=O) groups is 1. The topological polar surface area (TPSA) is 65.1 Å². The second-order valence-electron chi connectivity index (χ2n) is 7.51. The van der Waals surface area contributed by atoms with E-state index in [9.17, 15) is 4.79 Å². The number of benzene rings is 2. The largest absolute Gasteiger partial charge is 0.337 e. The van der Waals surface area contributed by atoms with Crippen LogP contribution in [0.1, 0.15) is 40.0 Å². The third-order valence-corrected chi connectivity index (χ3v) is 5.52. The van der Waals surface area contributed by atoms with Crippen LogP contribution in [0.2, 0.25) is 0 Å². The molecule has 1 saturated heterocycles. The summed E-state index contributed by atoms with van der Waals surface area (Å²) in [7, 11) is 0. The van der Waals surface area contributed by atoms with Crippen LogP contribution >= 0.6 is 0 Å². The van der Waals surface area contributed by atoms with E-state index in [1.165, 1.54) is 5.56 Å². The molecule has 1 aliphatic rings. The lowest BCUT2D eigenvalue weighted by molar-refractivity contribution is 0.0761. The lowest BCUT2D eigenvalue weighted by Crippen LogP contribution is -2.36. The van der Waals surface area contributed by atoms with Crippen molar-refractivity contribution in [2.45, 2.75) is 25.8 Å². The summed E-state index contributed by atoms with van der Waals surface area (Å²) in [5.41, 5.74) is 2.06. The van der Waals surface area contributed by atoms with Crippen LogP contribution in [0.3, 0.4) is 0 Å². The number of aryl methyl sites for hydroxylation is 1. The van der Waals surface area contributed by atoms with Crippen molar-refractivity contribution in [1.29, 1.82) is 0 Å². The van der Waals surface area contributed by atoms with Crippen molar-refractivity contribution in [2.24, 2.45) is 0 Å². The Kier molecular flexibility index (Phi) is 6.00. The average Bonchev–Trinajstić information content (AvgIpc) is 3.08. The molecule has 150 valence electrons. The maximum absolute atomic E-state index is 13.0. The Morgan fingerprint density at radius 2 is 1.76 bits per heavy atom. The molecule has 1 fully saturated rings. The quantitative estimate of drug-likeness (QED) is 0.728. The molecule has 1 amide bonds. The number of hydrogen-bond donors (Lipinski definition) is 1. The lowest BCUT2D eigenvalue weighted by Gasteiger charge is -2.27. The molecule has 0 radical (unpaired) electrons. The molecule has 0 bridgehead atoms. The Morgan fingerprint density at radius 1 is 1.03 bits per heavy atom. The zero-order chi connectivity index (χ0) is 20.1. The molecule has 1 aromatic heterocycles. The normalized spacial score (nSPS) is 17.8. The molecule has 1 N–H and O–H groups in total. The van der Waals surface area contributed by atoms with Gasteiger partial charge in [-0.2, -0.15) is 5.10 Å². The summed E-state index contributed by atoms with van der Waals surface area (Å²) in [5.74, 6) is 1.74. The van der Waals surface area contributed by atoms with Gasteiger partial charge < -0.3 is 4.90 Å². The third kappa shape index (κ3) is 4.71. The van der Waals surface area contributed by atoms with Crippen LogP contribution in [-0.2, 0) is 6.42 Å². The molecule has 4 rings (SSSR count). The van der Waals surface area contributed by atoms with Gasteiger partial charge in [0.1, 0.15) is 5.82 Å². The molecule has 3 aromatic rings. The molecule has 2 aromatic carbocycles. The van der Waals surface area contributed by atoms with Gasteiger partial charge in [0.2, 0.25) is 0 Å². The minimum atomic E-state index is 0.0976. The van der Waals surface area contributed by atoms with E-state index in [-0.39, 0.29) is 11.9 Å². The number of aromatic amines is 1. The predicted octanol–water partition coefficient (Wildman–Crippen LogP) is 3.25. The molecule has 29 heavy (non-hydrogen) atoms. The maximum atomic E-state index is 13.0. The number of hydrogen-bond acceptors (Lipinski definition) is 4. The van der Waals surface area contributed by atoms with Crippen molar-refractivity contribution in [3.63, 3.8) is 0 Å². The number of rotatable bonds is 5. The SMILES string of the molecule is Cc1nc(C2CCN(C(=O)c3ccccc3)CCN2CCc2ccccc2)n[nH]1. The molecule has 2 heterocycles. The first kappa shape index (κ1) is 19.3. The van der Waals surface area contributed by atoms with Gasteiger partial charge >= 0.3 is 0 Å². The zero-order valence-corrected chi connectivity index (χ0v) is 16.8. The van der Waals surface area contributed by atoms with E-state index in [4.69, 9.17) is 0 Å². The van der Waals surface area contributed by atoms with Gasteiger partial charge in [0.25, 0.3) is 5.91 Å². The molecule has 0 spiro atoms. The summed E-state index contributed by atoms with van der Waals surface area (Å²) in [6.07, 6.45) is 1.79. The first-order valence-electron chi connectivity index (χ1n) is 10.2. The highest BCUT2D eigenvalue weighted by Crippen LogP contribution is 2.25. The van der Waals surface area contributed by atoms with Gasteiger partial charge in [-0.05, 0) is 37.5 Å². The third-order valence-electron chi connectivity index (χ3n) is 5.52. The number of aromatic nitrogens is 3. The van der Waals surface area contributed by atoms with Gasteiger partial charge in [0, 0.05) is 31.7 Å². The van der Waals surface area contributed by atoms with E-state index in [2.05, 4.69) is 44.3 Å². The summed E-state index contributed by atoms with van der Waals surface area (Å²) in [6.45, 7) is 5.06. The van der Waals surface area contributed by atoms with Crippen molar-refractivity contribution in [2.75, 3.05) is 26.2 Å². The van der Waals surface area contributed by atoms with Crippen LogP contribution in [0.4, 0.5) is 0 Å². The smallest absolute Gasteiger partial charge is 0.253 e. The van der Waals surface area contributed by atoms with Crippen molar-refractivity contribution < 1.29 is 4.79 Å². The Hall–Kier alpha value is -2.99. The number of nitrogens with one attached hydrogen (secondary N) is 1. The Bertz CT molecular complexity index is 925. The van der Waals surface area contributed by atoms with E-state index in [0.29, 0.717) is 13.1 Å². The van der Waals surface area contributed by atoms with Gasteiger partial charge in [-0.3, -0.25) is 14.8 Å². The molecular weight excluding hydrogens is 362 g/mol. The number of carbonyl (C=O) groups excluding carboxylic acids is 1. The van der Waals surface area contributed by atoms with E-state index < -0.39 is 0 Å². The molecule has 6 heteroatoms. The maximum Gasteiger partial charge on any atom is 0.253 e. The fourth-order valence-corrected chi connectivity index (χ4v) is 3.93. The van der Waals surface area contributed by atoms with Gasteiger partial charge in [0.15, 0.2) is 5.82 Å². The molecule has 1 aliphatic heterocycles. The number of nitrogens with zero attached hydrogens (tertiary/aromatic N) is 4. The van der Waals surface area contributed by atoms with Gasteiger partial charge in [0.05, 0.1) is 6.04 Å². The van der Waals surface area contributed by atoms with Gasteiger partial charge in [-0.1, -0.05) is 48.5 Å². The van der Waals surface area contributed by atoms with Crippen LogP contribution < -0.4 is 0 Å². The van der Waals surface area contributed by atoms with E-state index in [0.717, 1.165) is 43.1 Å². The molecule has 0 saturated carbocycles. The number of H-pyrrole nitrogens is 1. The summed E-state index contributed by atoms with van der Waals surface area (Å²) in [6, 6.07) is 20.2. The second-order valence-corrected chi connectivity index (χ2v) is 7.51. The predicted molar refractivity (Wildman–Crippen MR) is 113 cm³/mol. The summed E-state index contributed by atoms with van der Waals surface area (Å²) < 4.78 is 0. The van der Waals surface area contributed by atoms with Crippen LogP contribution in [0, 0.1) is 6.92 Å². The summed E-state index contributed by atoms with van der Waals surface area (Å²) in [4.78, 5) is 21.9. The van der Waals surface area contributed by atoms with Crippen LogP contribution in [0.25, 0.3) is 0 Å². The number of amides is 1. The highest BCUT2D eigenvalue weighted by Gasteiger charge is 2.29. The van der Waals surface area contributed by atoms with E-state index >= 15 is 0 Å². The highest BCUT2D eigenvalue weighted by atomic mass is 16.2. The average molecular weight is 390 g/mol. The van der Waals surface area contributed by atoms with Crippen LogP contribution in [0.15, 0.2) is 60.7 Å². The van der Waals surface area contributed by atoms with E-state index in [1.54, 1.807) is 0 Å². The highest BCUT2D eigenvalue weighted by molar-refractivity contribution is 5.94. The standard InChI is InChI=1S/C23H27N5O/c1-18-24-22(26-25-18)21-13-15-28(23(29)20-10-6-3-7-11-20)17-16-27(21)14-12-19-8-4-2-5-9-19/h2-11,21H,12-17H2,1H3,(H,24,25,26). The van der Waals surface area contributed by atoms with Gasteiger partial charge in [-0.15, -0.1) is 0 Å². The fourth-order valence-electron chi connectivity index (χ4n) is 3.93. The van der Waals surface area contributed by atoms with Crippen molar-refractivity contribution in [1.82, 2.24) is 25.0 Å². The Morgan fingerprint density at radius 3 is 2.45 bits per heavy atom. The summed E-state index contributed by atoms with van der Waals surface area (Å²) in [5, 5.41) is 7.41. The molecule has 6 nitrogen and oxygen atoms in total. The Labute approximate surface area is 171 Å². The van der Waals surface area contributed by atoms with Crippen molar-refractivity contribution >= 4 is 5.91 Å². The van der Waals surface area contributed by atoms with Gasteiger partial charge in [-0.25, -0.2) is 4.98 Å². The van der Waals surface area contributed by atoms with Crippen LogP contribution in [0.5, 0.6) is 0 Å². The lowest BCUT2D eigenvalue weighted by atomic mass is 10.1. The first-order valence-corrected chi connectivity index (χ1v) is 10.2. The monoisotopic (exact) mass is 389 g/mol. The van der Waals surface area contributed by atoms with Crippen molar-refractivity contribution in [3.05, 3.63) is 83.4 Å². The summed E-state index contributed by atoms with van der Waals surface area (Å²) >= 11 is 0. The van der Waals surface area contributed by atoms with Crippen molar-refractivity contribution in [3.8, 4) is 0 Å². The molecule has 0 aliphatic carbocycles. The first-order chi connectivity index (χ1) is 14.2. The second kappa shape index (κ2) is 9.01. The molecular formula is C23H27N5O. The molecule has 1 unspecified atom stereocenters.